The van der Waals surface area contributed by atoms with Crippen LogP contribution in [-0.4, -0.2) is 40.3 Å². The summed E-state index contributed by atoms with van der Waals surface area (Å²) in [5, 5.41) is 22.5. The van der Waals surface area contributed by atoms with Crippen molar-refractivity contribution in [1.29, 1.82) is 0 Å². The lowest BCUT2D eigenvalue weighted by atomic mass is 10.1. The molecule has 0 spiro atoms. The maximum absolute atomic E-state index is 14.2. The van der Waals surface area contributed by atoms with E-state index in [1.807, 2.05) is 0 Å². The van der Waals surface area contributed by atoms with E-state index in [0.29, 0.717) is 6.07 Å². The molecule has 0 saturated carbocycles. The first kappa shape index (κ1) is 21.8. The second kappa shape index (κ2) is 7.50. The molecule has 156 valence electrons. The Kier molecular flexibility index (Phi) is 5.64. The van der Waals surface area contributed by atoms with Gasteiger partial charge in [0.2, 0.25) is 11.8 Å². The third kappa shape index (κ3) is 3.51. The Morgan fingerprint density at radius 1 is 1.21 bits per heavy atom. The van der Waals surface area contributed by atoms with E-state index in [9.17, 15) is 41.0 Å². The highest BCUT2D eigenvalue weighted by molar-refractivity contribution is 7.86. The molecule has 0 radical (unpaired) electrons. The summed E-state index contributed by atoms with van der Waals surface area (Å²) in [6.45, 7) is 0.542. The smallest absolute Gasteiger partial charge is 0.300 e. The Balaban J connectivity index is 2.81. The van der Waals surface area contributed by atoms with Gasteiger partial charge in [0.1, 0.15) is 0 Å². The van der Waals surface area contributed by atoms with Gasteiger partial charge in [-0.1, -0.05) is 5.11 Å². The average Bonchev–Trinajstić information content (AvgIpc) is 2.94. The lowest BCUT2D eigenvalue weighted by Gasteiger charge is -2.24. The number of azide groups is 1. The van der Waals surface area contributed by atoms with Crippen LogP contribution in [-0.2, 0) is 10.1 Å². The van der Waals surface area contributed by atoms with Crippen LogP contribution in [0.2, 0.25) is 0 Å². The van der Waals surface area contributed by atoms with Gasteiger partial charge in [-0.15, -0.1) is 0 Å². The number of hydrogen-bond acceptors (Lipinski definition) is 6. The fourth-order valence-electron chi connectivity index (χ4n) is 2.34. The van der Waals surface area contributed by atoms with Crippen molar-refractivity contribution in [1.82, 2.24) is 4.68 Å². The molecule has 0 fully saturated rings. The molecule has 16 heteroatoms. The molecule has 0 bridgehead atoms. The second-order valence-corrected chi connectivity index (χ2v) is 6.56. The molecule has 0 saturated heterocycles. The first-order chi connectivity index (χ1) is 13.4. The molecule has 0 aliphatic rings. The lowest BCUT2D eigenvalue weighted by molar-refractivity contribution is 0.0946. The van der Waals surface area contributed by atoms with Crippen molar-refractivity contribution in [2.24, 2.45) is 5.11 Å². The first-order valence-corrected chi connectivity index (χ1v) is 8.66. The van der Waals surface area contributed by atoms with Crippen LogP contribution < -0.4 is 5.01 Å². The lowest BCUT2D eigenvalue weighted by Crippen LogP contribution is -2.40. The minimum Gasteiger partial charge on any atom is -0.493 e. The van der Waals surface area contributed by atoms with Gasteiger partial charge in [-0.25, -0.2) is 22.6 Å². The van der Waals surface area contributed by atoms with E-state index >= 15 is 0 Å². The number of halogens is 4. The van der Waals surface area contributed by atoms with E-state index < -0.39 is 73.7 Å². The summed E-state index contributed by atoms with van der Waals surface area (Å²) in [6.07, 6.45) is 0. The normalized spacial score (nSPS) is 11.2. The van der Waals surface area contributed by atoms with Crippen LogP contribution in [0.4, 0.5) is 23.2 Å². The molecular formula is C13H9F4N5O6S. The van der Waals surface area contributed by atoms with Crippen molar-refractivity contribution in [3.05, 3.63) is 45.3 Å². The summed E-state index contributed by atoms with van der Waals surface area (Å²) in [7, 11) is -5.09. The van der Waals surface area contributed by atoms with Crippen LogP contribution in [0.1, 0.15) is 17.3 Å². The SMILES string of the molecule is CCN(C(=O)c1c(F)c(F)c(F)c(F)c1N=[N+]=[N-])n1c(O)cc(S(=O)(=O)O)c1O. The molecule has 1 aromatic heterocycles. The van der Waals surface area contributed by atoms with Gasteiger partial charge in [0, 0.05) is 17.5 Å². The van der Waals surface area contributed by atoms with Crippen molar-refractivity contribution in [3.8, 4) is 11.8 Å². The second-order valence-electron chi connectivity index (χ2n) is 5.17. The van der Waals surface area contributed by atoms with Crippen LogP contribution in [0.25, 0.3) is 10.4 Å². The van der Waals surface area contributed by atoms with Crippen molar-refractivity contribution < 1.29 is 45.5 Å². The molecule has 3 N–H and O–H groups in total. The van der Waals surface area contributed by atoms with Crippen LogP contribution in [0.3, 0.4) is 0 Å². The Morgan fingerprint density at radius 2 is 1.76 bits per heavy atom. The summed E-state index contributed by atoms with van der Waals surface area (Å²) in [5.41, 5.74) is 5.27. The zero-order valence-corrected chi connectivity index (χ0v) is 14.8. The Labute approximate surface area is 158 Å². The zero-order chi connectivity index (χ0) is 22.3. The highest BCUT2D eigenvalue weighted by Gasteiger charge is 2.34. The highest BCUT2D eigenvalue weighted by atomic mass is 32.2. The summed E-state index contributed by atoms with van der Waals surface area (Å²) in [6, 6.07) is 0.317. The van der Waals surface area contributed by atoms with Crippen molar-refractivity contribution in [3.63, 3.8) is 0 Å². The maximum atomic E-state index is 14.2. The van der Waals surface area contributed by atoms with E-state index in [1.54, 1.807) is 0 Å². The number of carbonyl (C=O) groups excluding carboxylic acids is 1. The molecule has 1 amide bonds. The van der Waals surface area contributed by atoms with Gasteiger partial charge in [0.05, 0.1) is 11.3 Å². The number of aromatic hydroxyl groups is 2. The molecule has 1 heterocycles. The monoisotopic (exact) mass is 439 g/mol. The predicted molar refractivity (Wildman–Crippen MR) is 85.7 cm³/mol. The van der Waals surface area contributed by atoms with Gasteiger partial charge in [-0.05, 0) is 12.5 Å². The van der Waals surface area contributed by atoms with Gasteiger partial charge in [0.25, 0.3) is 16.0 Å². The number of benzene rings is 1. The summed E-state index contributed by atoms with van der Waals surface area (Å²) < 4.78 is 86.6. The predicted octanol–water partition coefficient (Wildman–Crippen LogP) is 2.44. The van der Waals surface area contributed by atoms with E-state index in [-0.39, 0.29) is 9.69 Å². The third-order valence-corrected chi connectivity index (χ3v) is 4.41. The Morgan fingerprint density at radius 3 is 2.21 bits per heavy atom. The molecule has 0 aliphatic heterocycles. The molecular weight excluding hydrogens is 430 g/mol. The minimum atomic E-state index is -5.09. The van der Waals surface area contributed by atoms with Crippen molar-refractivity contribution >= 4 is 21.7 Å². The Bertz CT molecular complexity index is 1180. The molecule has 11 nitrogen and oxygen atoms in total. The van der Waals surface area contributed by atoms with Crippen LogP contribution in [0.5, 0.6) is 11.8 Å². The first-order valence-electron chi connectivity index (χ1n) is 7.22. The quantitative estimate of drug-likeness (QED) is 0.123. The number of rotatable bonds is 5. The molecule has 0 unspecified atom stereocenters. The van der Waals surface area contributed by atoms with Crippen molar-refractivity contribution in [2.45, 2.75) is 11.8 Å². The summed E-state index contributed by atoms with van der Waals surface area (Å²) in [4.78, 5) is 13.5. The highest BCUT2D eigenvalue weighted by Crippen LogP contribution is 2.35. The van der Waals surface area contributed by atoms with Gasteiger partial charge < -0.3 is 10.2 Å². The summed E-state index contributed by atoms with van der Waals surface area (Å²) >= 11 is 0. The number of nitrogens with zero attached hydrogens (tertiary/aromatic N) is 5. The van der Waals surface area contributed by atoms with Crippen LogP contribution in [0.15, 0.2) is 16.1 Å². The maximum Gasteiger partial charge on any atom is 0.300 e. The molecule has 0 aliphatic carbocycles. The van der Waals surface area contributed by atoms with Gasteiger partial charge in [0.15, 0.2) is 28.2 Å². The topological polar surface area (TPSA) is 169 Å². The van der Waals surface area contributed by atoms with E-state index in [1.165, 1.54) is 0 Å². The number of amides is 1. The molecule has 2 rings (SSSR count). The van der Waals surface area contributed by atoms with Gasteiger partial charge in [-0.3, -0.25) is 9.35 Å². The zero-order valence-electron chi connectivity index (χ0n) is 14.0. The minimum absolute atomic E-state index is 0.0594. The largest absolute Gasteiger partial charge is 0.493 e. The van der Waals surface area contributed by atoms with E-state index in [2.05, 4.69) is 10.0 Å². The number of aromatic nitrogens is 1. The van der Waals surface area contributed by atoms with Gasteiger partial charge >= 0.3 is 0 Å². The standard InChI is InChI=1S/C13H9F4N5O6S/c1-2-21(22-5(23)3-4(12(22)24)29(26,27)28)13(25)6-7(14)8(15)9(16)10(17)11(6)19-20-18/h3,23-24H,2H2,1H3,(H,26,27,28). The van der Waals surface area contributed by atoms with E-state index in [4.69, 9.17) is 10.1 Å². The molecule has 1 aromatic carbocycles. The fourth-order valence-corrected chi connectivity index (χ4v) is 2.91. The third-order valence-electron chi connectivity index (χ3n) is 3.55. The fraction of sp³-hybridized carbons (Fsp3) is 0.154. The van der Waals surface area contributed by atoms with Crippen LogP contribution in [0, 0.1) is 23.3 Å². The van der Waals surface area contributed by atoms with Crippen molar-refractivity contribution in [2.75, 3.05) is 11.6 Å². The summed E-state index contributed by atoms with van der Waals surface area (Å²) in [5.74, 6) is -13.6. The average molecular weight is 439 g/mol. The molecule has 29 heavy (non-hydrogen) atoms. The number of carbonyl (C=O) groups is 1. The molecule has 0 atom stereocenters. The van der Waals surface area contributed by atoms with Gasteiger partial charge in [-0.2, -0.15) is 13.1 Å². The van der Waals surface area contributed by atoms with Crippen LogP contribution >= 0.6 is 0 Å². The Hall–Kier alpha value is -3.49. The van der Waals surface area contributed by atoms with E-state index in [0.717, 1.165) is 6.92 Å². The molecule has 2 aromatic rings. The number of hydrogen-bond donors (Lipinski definition) is 3.